The molecule has 0 spiro atoms. The predicted octanol–water partition coefficient (Wildman–Crippen LogP) is 5.43. The summed E-state index contributed by atoms with van der Waals surface area (Å²) in [7, 11) is 0. The molecule has 0 aliphatic carbocycles. The minimum Gasteiger partial charge on any atom is -0.444 e. The highest BCUT2D eigenvalue weighted by molar-refractivity contribution is 6.42. The van der Waals surface area contributed by atoms with Gasteiger partial charge in [-0.05, 0) is 58.6 Å². The zero-order valence-corrected chi connectivity index (χ0v) is 17.0. The van der Waals surface area contributed by atoms with Crippen LogP contribution < -0.4 is 5.32 Å². The van der Waals surface area contributed by atoms with Gasteiger partial charge in [0.2, 0.25) is 0 Å². The number of amides is 1. The number of carbonyl (C=O) groups is 1. The number of carbonyl (C=O) groups excluding carboxylic acids is 1. The summed E-state index contributed by atoms with van der Waals surface area (Å²) >= 11 is 12.4. The van der Waals surface area contributed by atoms with Crippen molar-refractivity contribution in [2.75, 3.05) is 13.1 Å². The van der Waals surface area contributed by atoms with Crippen molar-refractivity contribution in [2.24, 2.45) is 0 Å². The van der Waals surface area contributed by atoms with Crippen LogP contribution >= 0.6 is 23.2 Å². The minimum absolute atomic E-state index is 0.101. The van der Waals surface area contributed by atoms with Gasteiger partial charge in [0.05, 0.1) is 10.0 Å². The molecule has 140 valence electrons. The van der Waals surface area contributed by atoms with Crippen LogP contribution in [0.4, 0.5) is 4.79 Å². The maximum absolute atomic E-state index is 12.3. The fourth-order valence-electron chi connectivity index (χ4n) is 3.07. The number of halogens is 2. The van der Waals surface area contributed by atoms with E-state index in [1.165, 1.54) is 0 Å². The first-order chi connectivity index (χ1) is 11.7. The number of rotatable bonds is 3. The van der Waals surface area contributed by atoms with Crippen LogP contribution in [0.2, 0.25) is 10.0 Å². The molecule has 1 aliphatic heterocycles. The SMILES string of the molecule is CC(NC1CCCN(C(=O)OC(C)(C)C)CC1)c1cccc(Cl)c1Cl. The summed E-state index contributed by atoms with van der Waals surface area (Å²) in [4.78, 5) is 14.1. The van der Waals surface area contributed by atoms with Crippen molar-refractivity contribution in [1.29, 1.82) is 0 Å². The molecule has 0 radical (unpaired) electrons. The number of ether oxygens (including phenoxy) is 1. The highest BCUT2D eigenvalue weighted by Crippen LogP contribution is 2.30. The molecule has 2 unspecified atom stereocenters. The number of likely N-dealkylation sites (tertiary alicyclic amines) is 1. The van der Waals surface area contributed by atoms with Gasteiger partial charge in [-0.2, -0.15) is 0 Å². The van der Waals surface area contributed by atoms with Crippen molar-refractivity contribution >= 4 is 29.3 Å². The number of benzene rings is 1. The second-order valence-electron chi connectivity index (χ2n) is 7.63. The first-order valence-electron chi connectivity index (χ1n) is 8.85. The monoisotopic (exact) mass is 386 g/mol. The maximum Gasteiger partial charge on any atom is 0.410 e. The Hall–Kier alpha value is -0.970. The third-order valence-corrected chi connectivity index (χ3v) is 5.15. The first kappa shape index (κ1) is 20.3. The van der Waals surface area contributed by atoms with Crippen LogP contribution in [-0.4, -0.2) is 35.7 Å². The van der Waals surface area contributed by atoms with Crippen LogP contribution in [0, 0.1) is 0 Å². The van der Waals surface area contributed by atoms with Gasteiger partial charge in [0, 0.05) is 25.2 Å². The van der Waals surface area contributed by atoms with Gasteiger partial charge in [0.1, 0.15) is 5.60 Å². The number of hydrogen-bond acceptors (Lipinski definition) is 3. The Morgan fingerprint density at radius 1 is 1.28 bits per heavy atom. The quantitative estimate of drug-likeness (QED) is 0.752. The maximum atomic E-state index is 12.3. The number of hydrogen-bond donors (Lipinski definition) is 1. The molecule has 0 bridgehead atoms. The standard InChI is InChI=1S/C19H28Cl2N2O2/c1-13(15-8-5-9-16(20)17(15)21)22-14-7-6-11-23(12-10-14)18(24)25-19(2,3)4/h5,8-9,13-14,22H,6-7,10-12H2,1-4H3. The lowest BCUT2D eigenvalue weighted by atomic mass is 10.0. The summed E-state index contributed by atoms with van der Waals surface area (Å²) in [6.45, 7) is 9.20. The third-order valence-electron chi connectivity index (χ3n) is 4.31. The molecule has 1 saturated heterocycles. The molecule has 1 heterocycles. The predicted molar refractivity (Wildman–Crippen MR) is 103 cm³/mol. The van der Waals surface area contributed by atoms with E-state index < -0.39 is 5.60 Å². The van der Waals surface area contributed by atoms with E-state index in [-0.39, 0.29) is 12.1 Å². The molecule has 0 saturated carbocycles. The van der Waals surface area contributed by atoms with E-state index in [0.717, 1.165) is 31.4 Å². The number of nitrogens with zero attached hydrogens (tertiary/aromatic N) is 1. The molecule has 1 amide bonds. The second-order valence-corrected chi connectivity index (χ2v) is 8.41. The van der Waals surface area contributed by atoms with Gasteiger partial charge >= 0.3 is 6.09 Å². The van der Waals surface area contributed by atoms with Gasteiger partial charge < -0.3 is 15.0 Å². The van der Waals surface area contributed by atoms with Crippen molar-refractivity contribution in [1.82, 2.24) is 10.2 Å². The second kappa shape index (κ2) is 8.61. The van der Waals surface area contributed by atoms with Crippen molar-refractivity contribution in [3.8, 4) is 0 Å². The zero-order valence-electron chi connectivity index (χ0n) is 15.4. The molecule has 1 N–H and O–H groups in total. The lowest BCUT2D eigenvalue weighted by Gasteiger charge is -2.27. The van der Waals surface area contributed by atoms with Crippen LogP contribution in [-0.2, 0) is 4.74 Å². The van der Waals surface area contributed by atoms with E-state index in [1.54, 1.807) is 6.07 Å². The normalized spacial score (nSPS) is 20.1. The highest BCUT2D eigenvalue weighted by atomic mass is 35.5. The third kappa shape index (κ3) is 6.05. The molecule has 2 atom stereocenters. The van der Waals surface area contributed by atoms with Crippen molar-refractivity contribution in [2.45, 2.75) is 64.6 Å². The molecule has 1 fully saturated rings. The van der Waals surface area contributed by atoms with Crippen molar-refractivity contribution in [3.63, 3.8) is 0 Å². The Morgan fingerprint density at radius 3 is 2.68 bits per heavy atom. The average molecular weight is 387 g/mol. The molecule has 1 aromatic rings. The van der Waals surface area contributed by atoms with Gasteiger partial charge in [-0.3, -0.25) is 0 Å². The van der Waals surface area contributed by atoms with E-state index in [9.17, 15) is 4.79 Å². The molecular weight excluding hydrogens is 359 g/mol. The molecule has 1 aromatic carbocycles. The van der Waals surface area contributed by atoms with Crippen LogP contribution in [0.15, 0.2) is 18.2 Å². The lowest BCUT2D eigenvalue weighted by Crippen LogP contribution is -2.38. The highest BCUT2D eigenvalue weighted by Gasteiger charge is 2.26. The van der Waals surface area contributed by atoms with E-state index in [1.807, 2.05) is 37.8 Å². The minimum atomic E-state index is -0.459. The Kier molecular flexibility index (Phi) is 7.01. The summed E-state index contributed by atoms with van der Waals surface area (Å²) in [5.41, 5.74) is 0.543. The Labute approximate surface area is 160 Å². The van der Waals surface area contributed by atoms with E-state index in [0.29, 0.717) is 22.6 Å². The summed E-state index contributed by atoms with van der Waals surface area (Å²) in [5.74, 6) is 0. The number of nitrogens with one attached hydrogen (secondary N) is 1. The van der Waals surface area contributed by atoms with Crippen LogP contribution in [0.25, 0.3) is 0 Å². The molecule has 1 aliphatic rings. The average Bonchev–Trinajstić information content (AvgIpc) is 2.74. The van der Waals surface area contributed by atoms with E-state index in [2.05, 4.69) is 12.2 Å². The van der Waals surface area contributed by atoms with Crippen molar-refractivity contribution in [3.05, 3.63) is 33.8 Å². The zero-order chi connectivity index (χ0) is 18.6. The molecule has 4 nitrogen and oxygen atoms in total. The molecule has 6 heteroatoms. The lowest BCUT2D eigenvalue weighted by molar-refractivity contribution is 0.0256. The van der Waals surface area contributed by atoms with Gasteiger partial charge in [0.15, 0.2) is 0 Å². The van der Waals surface area contributed by atoms with Gasteiger partial charge in [-0.1, -0.05) is 35.3 Å². The Balaban J connectivity index is 1.92. The summed E-state index contributed by atoms with van der Waals surface area (Å²) < 4.78 is 5.48. The largest absolute Gasteiger partial charge is 0.444 e. The molecule has 25 heavy (non-hydrogen) atoms. The summed E-state index contributed by atoms with van der Waals surface area (Å²) in [6.07, 6.45) is 2.63. The van der Waals surface area contributed by atoms with Crippen LogP contribution in [0.1, 0.15) is 58.6 Å². The molecule has 2 rings (SSSR count). The Morgan fingerprint density at radius 2 is 2.00 bits per heavy atom. The topological polar surface area (TPSA) is 41.6 Å². The van der Waals surface area contributed by atoms with E-state index >= 15 is 0 Å². The van der Waals surface area contributed by atoms with Crippen LogP contribution in [0.3, 0.4) is 0 Å². The van der Waals surface area contributed by atoms with Gasteiger partial charge in [-0.25, -0.2) is 4.79 Å². The Bertz CT molecular complexity index is 602. The van der Waals surface area contributed by atoms with Gasteiger partial charge in [-0.15, -0.1) is 0 Å². The van der Waals surface area contributed by atoms with Crippen LogP contribution in [0.5, 0.6) is 0 Å². The molecular formula is C19H28Cl2N2O2. The summed E-state index contributed by atoms with van der Waals surface area (Å²) in [5, 5.41) is 4.81. The van der Waals surface area contributed by atoms with Crippen molar-refractivity contribution < 1.29 is 9.53 Å². The fourth-order valence-corrected chi connectivity index (χ4v) is 3.54. The summed E-state index contributed by atoms with van der Waals surface area (Å²) in [6, 6.07) is 6.14. The fraction of sp³-hybridized carbons (Fsp3) is 0.632. The molecule has 0 aromatic heterocycles. The van der Waals surface area contributed by atoms with E-state index in [4.69, 9.17) is 27.9 Å². The van der Waals surface area contributed by atoms with Gasteiger partial charge in [0.25, 0.3) is 0 Å². The first-order valence-corrected chi connectivity index (χ1v) is 9.61. The smallest absolute Gasteiger partial charge is 0.410 e.